The molecule has 0 radical (unpaired) electrons. The monoisotopic (exact) mass is 309 g/mol. The molecule has 0 saturated carbocycles. The zero-order valence-corrected chi connectivity index (χ0v) is 12.6. The zero-order valence-electron chi connectivity index (χ0n) is 11.8. The van der Waals surface area contributed by atoms with E-state index in [1.54, 1.807) is 18.2 Å². The van der Waals surface area contributed by atoms with Gasteiger partial charge in [0.1, 0.15) is 0 Å². The smallest absolute Gasteiger partial charge is 0.310 e. The highest BCUT2D eigenvalue weighted by Gasteiger charge is 2.27. The van der Waals surface area contributed by atoms with Gasteiger partial charge >= 0.3 is 5.97 Å². The van der Waals surface area contributed by atoms with E-state index in [1.165, 1.54) is 6.08 Å². The van der Waals surface area contributed by atoms with Gasteiger partial charge in [0.2, 0.25) is 10.0 Å². The number of nitrogens with one attached hydrogen (secondary N) is 1. The molecule has 0 spiro atoms. The Morgan fingerprint density at radius 1 is 1.29 bits per heavy atom. The zero-order chi connectivity index (χ0) is 15.5. The molecule has 0 amide bonds. The fourth-order valence-electron chi connectivity index (χ4n) is 2.36. The second kappa shape index (κ2) is 6.41. The molecule has 5 nitrogen and oxygen atoms in total. The van der Waals surface area contributed by atoms with Gasteiger partial charge in [-0.2, -0.15) is 0 Å². The first kappa shape index (κ1) is 15.7. The summed E-state index contributed by atoms with van der Waals surface area (Å²) in [7, 11) is -3.62. The molecule has 0 aliphatic heterocycles. The number of carboxylic acids is 1. The minimum absolute atomic E-state index is 0.203. The molecule has 0 bridgehead atoms. The third kappa shape index (κ3) is 3.92. The summed E-state index contributed by atoms with van der Waals surface area (Å²) in [5.41, 5.74) is 1.10. The molecule has 2 atom stereocenters. The molecule has 2 N–H and O–H groups in total. The molecule has 0 saturated heterocycles. The normalized spacial score (nSPS) is 21.6. The average molecular weight is 309 g/mol. The van der Waals surface area contributed by atoms with E-state index in [4.69, 9.17) is 5.11 Å². The second-order valence-electron chi connectivity index (χ2n) is 5.19. The van der Waals surface area contributed by atoms with Crippen molar-refractivity contribution in [2.45, 2.75) is 37.1 Å². The lowest BCUT2D eigenvalue weighted by molar-refractivity contribution is -0.140. The Labute approximate surface area is 124 Å². The van der Waals surface area contributed by atoms with Crippen molar-refractivity contribution in [1.82, 2.24) is 4.72 Å². The Kier molecular flexibility index (Phi) is 4.80. The lowest BCUT2D eigenvalue weighted by atomic mass is 10.1. The molecule has 0 fully saturated rings. The van der Waals surface area contributed by atoms with E-state index in [2.05, 4.69) is 11.6 Å². The first-order chi connectivity index (χ1) is 9.92. The molecular formula is C15H19NO4S. The number of aliphatic carboxylic acids is 1. The van der Waals surface area contributed by atoms with Crippen molar-refractivity contribution in [2.75, 3.05) is 0 Å². The van der Waals surface area contributed by atoms with E-state index in [9.17, 15) is 13.2 Å². The van der Waals surface area contributed by atoms with Gasteiger partial charge in [0.05, 0.1) is 10.8 Å². The lowest BCUT2D eigenvalue weighted by Gasteiger charge is -2.13. The van der Waals surface area contributed by atoms with Crippen LogP contribution in [-0.2, 0) is 21.2 Å². The van der Waals surface area contributed by atoms with Gasteiger partial charge in [0.15, 0.2) is 0 Å². The number of hydrogen-bond donors (Lipinski definition) is 2. The van der Waals surface area contributed by atoms with Crippen LogP contribution in [0.3, 0.4) is 0 Å². The van der Waals surface area contributed by atoms with Crippen LogP contribution in [-0.4, -0.2) is 25.5 Å². The summed E-state index contributed by atoms with van der Waals surface area (Å²) in [4.78, 5) is 11.1. The molecule has 2 unspecified atom stereocenters. The Bertz CT molecular complexity index is 634. The van der Waals surface area contributed by atoms with Crippen LogP contribution in [0.4, 0.5) is 0 Å². The van der Waals surface area contributed by atoms with Crippen molar-refractivity contribution in [2.24, 2.45) is 5.92 Å². The van der Waals surface area contributed by atoms with Gasteiger partial charge in [0.25, 0.3) is 0 Å². The van der Waals surface area contributed by atoms with Crippen LogP contribution in [0.25, 0.3) is 0 Å². The molecule has 1 aromatic rings. The number of sulfonamides is 1. The van der Waals surface area contributed by atoms with Crippen LogP contribution >= 0.6 is 0 Å². The number of carbonyl (C=O) groups is 1. The Morgan fingerprint density at radius 2 is 1.95 bits per heavy atom. The number of benzene rings is 1. The van der Waals surface area contributed by atoms with Crippen LogP contribution in [0.2, 0.25) is 0 Å². The fraction of sp³-hybridized carbons (Fsp3) is 0.400. The van der Waals surface area contributed by atoms with Gasteiger partial charge in [-0.1, -0.05) is 37.6 Å². The maximum atomic E-state index is 12.2. The highest BCUT2D eigenvalue weighted by molar-refractivity contribution is 7.89. The Morgan fingerprint density at radius 3 is 2.48 bits per heavy atom. The molecule has 1 aliphatic carbocycles. The first-order valence-corrected chi connectivity index (χ1v) is 8.43. The topological polar surface area (TPSA) is 83.5 Å². The van der Waals surface area contributed by atoms with Gasteiger partial charge in [0, 0.05) is 6.04 Å². The van der Waals surface area contributed by atoms with Crippen molar-refractivity contribution >= 4 is 16.0 Å². The van der Waals surface area contributed by atoms with E-state index in [1.807, 2.05) is 12.1 Å². The van der Waals surface area contributed by atoms with E-state index >= 15 is 0 Å². The highest BCUT2D eigenvalue weighted by atomic mass is 32.2. The van der Waals surface area contributed by atoms with Crippen LogP contribution in [0, 0.1) is 5.92 Å². The molecule has 1 aliphatic rings. The third-order valence-electron chi connectivity index (χ3n) is 3.48. The summed E-state index contributed by atoms with van der Waals surface area (Å²) in [6.45, 7) is 2.07. The van der Waals surface area contributed by atoms with Crippen LogP contribution in [0.15, 0.2) is 41.3 Å². The quantitative estimate of drug-likeness (QED) is 0.787. The van der Waals surface area contributed by atoms with Crippen molar-refractivity contribution < 1.29 is 18.3 Å². The summed E-state index contributed by atoms with van der Waals surface area (Å²) in [6, 6.07) is 6.32. The van der Waals surface area contributed by atoms with Crippen molar-refractivity contribution in [3.8, 4) is 0 Å². The predicted octanol–water partition coefficient (Wildman–Crippen LogP) is 1.95. The summed E-state index contributed by atoms with van der Waals surface area (Å²) < 4.78 is 27.0. The molecule has 114 valence electrons. The summed E-state index contributed by atoms with van der Waals surface area (Å²) in [5.74, 6) is -1.55. The Balaban J connectivity index is 2.05. The fourth-order valence-corrected chi connectivity index (χ4v) is 3.56. The minimum atomic E-state index is -3.62. The van der Waals surface area contributed by atoms with Crippen molar-refractivity contribution in [3.05, 3.63) is 42.0 Å². The van der Waals surface area contributed by atoms with Gasteiger partial charge in [-0.25, -0.2) is 13.1 Å². The predicted molar refractivity (Wildman–Crippen MR) is 79.4 cm³/mol. The molecule has 2 rings (SSSR count). The molecular weight excluding hydrogens is 290 g/mol. The SMILES string of the molecule is CCCc1ccc(S(=O)(=O)NC2C=CC(C(=O)O)C2)cc1. The van der Waals surface area contributed by atoms with E-state index in [-0.39, 0.29) is 11.3 Å². The van der Waals surface area contributed by atoms with Crippen LogP contribution in [0.1, 0.15) is 25.3 Å². The van der Waals surface area contributed by atoms with Crippen molar-refractivity contribution in [1.29, 1.82) is 0 Å². The molecule has 6 heteroatoms. The lowest BCUT2D eigenvalue weighted by Crippen LogP contribution is -2.33. The summed E-state index contributed by atoms with van der Waals surface area (Å²) >= 11 is 0. The van der Waals surface area contributed by atoms with E-state index in [0.717, 1.165) is 18.4 Å². The van der Waals surface area contributed by atoms with Crippen LogP contribution in [0.5, 0.6) is 0 Å². The van der Waals surface area contributed by atoms with E-state index in [0.29, 0.717) is 0 Å². The largest absolute Gasteiger partial charge is 0.481 e. The number of hydrogen-bond acceptors (Lipinski definition) is 3. The highest BCUT2D eigenvalue weighted by Crippen LogP contribution is 2.20. The van der Waals surface area contributed by atoms with Gasteiger partial charge < -0.3 is 5.11 Å². The molecule has 1 aromatic carbocycles. The summed E-state index contributed by atoms with van der Waals surface area (Å²) in [5, 5.41) is 8.90. The maximum Gasteiger partial charge on any atom is 0.310 e. The summed E-state index contributed by atoms with van der Waals surface area (Å²) in [6.07, 6.45) is 5.30. The number of aryl methyl sites for hydroxylation is 1. The van der Waals surface area contributed by atoms with Gasteiger partial charge in [-0.15, -0.1) is 0 Å². The molecule has 21 heavy (non-hydrogen) atoms. The van der Waals surface area contributed by atoms with Crippen LogP contribution < -0.4 is 4.72 Å². The standard InChI is InChI=1S/C15H19NO4S/c1-2-3-11-4-8-14(9-5-11)21(19,20)16-13-7-6-12(10-13)15(17)18/h4-9,12-13,16H,2-3,10H2,1H3,(H,17,18). The number of carboxylic acid groups (broad SMARTS) is 1. The maximum absolute atomic E-state index is 12.2. The minimum Gasteiger partial charge on any atom is -0.481 e. The average Bonchev–Trinajstić information content (AvgIpc) is 2.88. The van der Waals surface area contributed by atoms with Crippen molar-refractivity contribution in [3.63, 3.8) is 0 Å². The third-order valence-corrected chi connectivity index (χ3v) is 4.99. The van der Waals surface area contributed by atoms with Gasteiger partial charge in [-0.3, -0.25) is 4.79 Å². The molecule has 0 heterocycles. The Hall–Kier alpha value is -1.66. The first-order valence-electron chi connectivity index (χ1n) is 6.95. The van der Waals surface area contributed by atoms with Gasteiger partial charge in [-0.05, 0) is 30.5 Å². The number of rotatable bonds is 6. The van der Waals surface area contributed by atoms with E-state index < -0.39 is 28.0 Å². The second-order valence-corrected chi connectivity index (χ2v) is 6.90. The molecule has 0 aromatic heterocycles.